The van der Waals surface area contributed by atoms with Crippen LogP contribution >= 0.6 is 0 Å². The third-order valence-corrected chi connectivity index (χ3v) is 3.34. The maximum absolute atomic E-state index is 13.3. The van der Waals surface area contributed by atoms with Crippen molar-refractivity contribution in [2.45, 2.75) is 13.1 Å². The van der Waals surface area contributed by atoms with E-state index in [0.29, 0.717) is 16.8 Å². The second kappa shape index (κ2) is 4.88. The predicted octanol–water partition coefficient (Wildman–Crippen LogP) is 5.23. The van der Waals surface area contributed by atoms with E-state index in [1.807, 2.05) is 13.0 Å². The minimum Gasteiger partial charge on any atom is -0.248 e. The molecule has 0 saturated carbocycles. The van der Waals surface area contributed by atoms with Crippen LogP contribution in [0.15, 0.2) is 54.6 Å². The number of aromatic nitrogens is 1. The summed E-state index contributed by atoms with van der Waals surface area (Å²) in [6.45, 7) is 1.84. The van der Waals surface area contributed by atoms with Crippen LogP contribution in [-0.2, 0) is 6.18 Å². The average molecular weight is 287 g/mol. The van der Waals surface area contributed by atoms with Crippen molar-refractivity contribution in [3.8, 4) is 11.3 Å². The van der Waals surface area contributed by atoms with E-state index in [2.05, 4.69) is 4.98 Å². The molecule has 3 rings (SSSR count). The molecule has 21 heavy (non-hydrogen) atoms. The number of benzene rings is 2. The molecule has 0 aliphatic rings. The van der Waals surface area contributed by atoms with Crippen LogP contribution in [0.25, 0.3) is 22.2 Å². The summed E-state index contributed by atoms with van der Waals surface area (Å²) in [5, 5.41) is 0.132. The molecule has 0 spiro atoms. The van der Waals surface area contributed by atoms with E-state index in [4.69, 9.17) is 0 Å². The largest absolute Gasteiger partial charge is 0.417 e. The lowest BCUT2D eigenvalue weighted by molar-refractivity contribution is -0.136. The molecule has 0 saturated heterocycles. The summed E-state index contributed by atoms with van der Waals surface area (Å²) in [5.74, 6) is 0. The number of fused-ring (bicyclic) bond motifs is 1. The fraction of sp³-hybridized carbons (Fsp3) is 0.118. The van der Waals surface area contributed by atoms with Crippen LogP contribution in [0.2, 0.25) is 0 Å². The maximum atomic E-state index is 13.3. The van der Waals surface area contributed by atoms with E-state index in [1.54, 1.807) is 36.4 Å². The van der Waals surface area contributed by atoms with Gasteiger partial charge in [-0.05, 0) is 24.6 Å². The van der Waals surface area contributed by atoms with E-state index in [0.717, 1.165) is 11.6 Å². The van der Waals surface area contributed by atoms with Crippen LogP contribution in [0, 0.1) is 6.92 Å². The Morgan fingerprint density at radius 1 is 0.905 bits per heavy atom. The van der Waals surface area contributed by atoms with Crippen LogP contribution in [-0.4, -0.2) is 4.98 Å². The Morgan fingerprint density at radius 2 is 1.62 bits per heavy atom. The van der Waals surface area contributed by atoms with Gasteiger partial charge in [0.1, 0.15) is 0 Å². The summed E-state index contributed by atoms with van der Waals surface area (Å²) < 4.78 is 39.9. The zero-order chi connectivity index (χ0) is 15.0. The standard InChI is InChI=1S/C17H12F3N/c1-11-7-8-13-14(17(18,19)20)10-15(21-16(13)9-11)12-5-3-2-4-6-12/h2-10H,1H3. The number of halogens is 3. The van der Waals surface area contributed by atoms with Crippen molar-refractivity contribution in [3.05, 3.63) is 65.7 Å². The van der Waals surface area contributed by atoms with Gasteiger partial charge in [0, 0.05) is 10.9 Å². The van der Waals surface area contributed by atoms with Gasteiger partial charge in [-0.3, -0.25) is 0 Å². The number of hydrogen-bond acceptors (Lipinski definition) is 1. The second-order valence-corrected chi connectivity index (χ2v) is 4.94. The van der Waals surface area contributed by atoms with E-state index < -0.39 is 11.7 Å². The molecule has 0 N–H and O–H groups in total. The molecule has 0 atom stereocenters. The summed E-state index contributed by atoms with van der Waals surface area (Å²) >= 11 is 0. The lowest BCUT2D eigenvalue weighted by Gasteiger charge is -2.13. The van der Waals surface area contributed by atoms with Crippen LogP contribution in [0.1, 0.15) is 11.1 Å². The normalized spacial score (nSPS) is 11.8. The summed E-state index contributed by atoms with van der Waals surface area (Å²) in [7, 11) is 0. The number of alkyl halides is 3. The number of nitrogens with zero attached hydrogens (tertiary/aromatic N) is 1. The molecule has 1 aromatic heterocycles. The van der Waals surface area contributed by atoms with Crippen molar-refractivity contribution in [1.82, 2.24) is 4.98 Å². The van der Waals surface area contributed by atoms with Gasteiger partial charge in [-0.15, -0.1) is 0 Å². The van der Waals surface area contributed by atoms with E-state index in [-0.39, 0.29) is 5.39 Å². The third-order valence-electron chi connectivity index (χ3n) is 3.34. The van der Waals surface area contributed by atoms with Crippen molar-refractivity contribution < 1.29 is 13.2 Å². The van der Waals surface area contributed by atoms with Crippen LogP contribution < -0.4 is 0 Å². The third kappa shape index (κ3) is 2.61. The van der Waals surface area contributed by atoms with Gasteiger partial charge in [-0.25, -0.2) is 4.98 Å². The van der Waals surface area contributed by atoms with Crippen molar-refractivity contribution in [2.75, 3.05) is 0 Å². The first-order valence-corrected chi connectivity index (χ1v) is 6.49. The van der Waals surface area contributed by atoms with Crippen LogP contribution in [0.5, 0.6) is 0 Å². The molecular weight excluding hydrogens is 275 g/mol. The first kappa shape index (κ1) is 13.6. The highest BCUT2D eigenvalue weighted by Crippen LogP contribution is 2.36. The van der Waals surface area contributed by atoms with Gasteiger partial charge < -0.3 is 0 Å². The Kier molecular flexibility index (Phi) is 3.16. The van der Waals surface area contributed by atoms with Crippen LogP contribution in [0.3, 0.4) is 0 Å². The summed E-state index contributed by atoms with van der Waals surface area (Å²) in [4.78, 5) is 4.38. The van der Waals surface area contributed by atoms with Gasteiger partial charge in [-0.1, -0.05) is 42.5 Å². The Labute approximate surface area is 120 Å². The van der Waals surface area contributed by atoms with Gasteiger partial charge >= 0.3 is 6.18 Å². The molecule has 0 amide bonds. The van der Waals surface area contributed by atoms with E-state index in [9.17, 15) is 13.2 Å². The monoisotopic (exact) mass is 287 g/mol. The van der Waals surface area contributed by atoms with Gasteiger partial charge in [0.05, 0.1) is 16.8 Å². The average Bonchev–Trinajstić information content (AvgIpc) is 2.45. The minimum absolute atomic E-state index is 0.132. The Morgan fingerprint density at radius 3 is 2.29 bits per heavy atom. The molecule has 3 aromatic rings. The van der Waals surface area contributed by atoms with E-state index in [1.165, 1.54) is 6.07 Å². The fourth-order valence-corrected chi connectivity index (χ4v) is 2.33. The van der Waals surface area contributed by atoms with Gasteiger partial charge in [0.15, 0.2) is 0 Å². The summed E-state index contributed by atoms with van der Waals surface area (Å²) in [6, 6.07) is 14.8. The van der Waals surface area contributed by atoms with Gasteiger partial charge in [0.25, 0.3) is 0 Å². The minimum atomic E-state index is -4.40. The Hall–Kier alpha value is -2.36. The smallest absolute Gasteiger partial charge is 0.248 e. The number of pyridine rings is 1. The molecule has 0 unspecified atom stereocenters. The second-order valence-electron chi connectivity index (χ2n) is 4.94. The summed E-state index contributed by atoms with van der Waals surface area (Å²) in [5.41, 5.74) is 1.61. The molecule has 0 aliphatic heterocycles. The molecule has 0 fully saturated rings. The predicted molar refractivity (Wildman–Crippen MR) is 76.9 cm³/mol. The van der Waals surface area contributed by atoms with E-state index >= 15 is 0 Å². The lowest BCUT2D eigenvalue weighted by Crippen LogP contribution is -2.07. The molecule has 106 valence electrons. The SMILES string of the molecule is Cc1ccc2c(C(F)(F)F)cc(-c3ccccc3)nc2c1. The van der Waals surface area contributed by atoms with Crippen molar-refractivity contribution >= 4 is 10.9 Å². The first-order valence-electron chi connectivity index (χ1n) is 6.49. The molecule has 4 heteroatoms. The van der Waals surface area contributed by atoms with Crippen LogP contribution in [0.4, 0.5) is 13.2 Å². The van der Waals surface area contributed by atoms with Crippen molar-refractivity contribution in [1.29, 1.82) is 0 Å². The first-order chi connectivity index (χ1) is 9.95. The van der Waals surface area contributed by atoms with Gasteiger partial charge in [0.2, 0.25) is 0 Å². The highest BCUT2D eigenvalue weighted by Gasteiger charge is 2.33. The zero-order valence-electron chi connectivity index (χ0n) is 11.3. The maximum Gasteiger partial charge on any atom is 0.417 e. The molecule has 2 aromatic carbocycles. The number of hydrogen-bond donors (Lipinski definition) is 0. The number of aryl methyl sites for hydroxylation is 1. The lowest BCUT2D eigenvalue weighted by atomic mass is 10.0. The summed E-state index contributed by atoms with van der Waals surface area (Å²) in [6.07, 6.45) is -4.40. The van der Waals surface area contributed by atoms with Crippen molar-refractivity contribution in [3.63, 3.8) is 0 Å². The molecule has 1 heterocycles. The highest BCUT2D eigenvalue weighted by atomic mass is 19.4. The fourth-order valence-electron chi connectivity index (χ4n) is 2.33. The molecular formula is C17H12F3N. The molecule has 0 bridgehead atoms. The highest BCUT2D eigenvalue weighted by molar-refractivity contribution is 5.86. The molecule has 1 nitrogen and oxygen atoms in total. The zero-order valence-corrected chi connectivity index (χ0v) is 11.3. The Balaban J connectivity index is 2.33. The quantitative estimate of drug-likeness (QED) is 0.597. The van der Waals surface area contributed by atoms with Crippen molar-refractivity contribution in [2.24, 2.45) is 0 Å². The topological polar surface area (TPSA) is 12.9 Å². The molecule has 0 radical (unpaired) electrons. The Bertz CT molecular complexity index is 792. The molecule has 0 aliphatic carbocycles. The van der Waals surface area contributed by atoms with Gasteiger partial charge in [-0.2, -0.15) is 13.2 Å². The number of rotatable bonds is 1.